The molecule has 0 aromatic rings. The van der Waals surface area contributed by atoms with Gasteiger partial charge in [-0.2, -0.15) is 0 Å². The second-order valence-electron chi connectivity index (χ2n) is 6.15. The Labute approximate surface area is 113 Å². The van der Waals surface area contributed by atoms with Crippen molar-refractivity contribution < 1.29 is 0 Å². The fourth-order valence-electron chi connectivity index (χ4n) is 2.61. The molecule has 0 aromatic carbocycles. The van der Waals surface area contributed by atoms with Crippen molar-refractivity contribution in [1.29, 1.82) is 0 Å². The molecule has 1 rings (SSSR count). The summed E-state index contributed by atoms with van der Waals surface area (Å²) >= 11 is 0. The first-order valence-corrected chi connectivity index (χ1v) is 7.18. The predicted molar refractivity (Wildman–Crippen MR) is 81.5 cm³/mol. The first-order valence-electron chi connectivity index (χ1n) is 7.18. The molecule has 0 saturated carbocycles. The monoisotopic (exact) mass is 247 g/mol. The van der Waals surface area contributed by atoms with Crippen LogP contribution < -0.4 is 0 Å². The van der Waals surface area contributed by atoms with Crippen molar-refractivity contribution in [2.75, 3.05) is 13.1 Å². The number of hydrogen-bond acceptors (Lipinski definition) is 1. The smallest absolute Gasteiger partial charge is 0.0397 e. The van der Waals surface area contributed by atoms with E-state index in [0.717, 1.165) is 6.42 Å². The Morgan fingerprint density at radius 2 is 1.83 bits per heavy atom. The van der Waals surface area contributed by atoms with E-state index >= 15 is 0 Å². The van der Waals surface area contributed by atoms with E-state index in [2.05, 4.69) is 58.2 Å². The zero-order valence-corrected chi connectivity index (χ0v) is 12.8. The van der Waals surface area contributed by atoms with Crippen molar-refractivity contribution in [3.63, 3.8) is 0 Å². The molecule has 0 atom stereocenters. The lowest BCUT2D eigenvalue weighted by atomic mass is 9.82. The van der Waals surface area contributed by atoms with E-state index in [1.807, 2.05) is 0 Å². The zero-order chi connectivity index (χ0) is 13.8. The number of hydrogen-bond donors (Lipinski definition) is 0. The standard InChI is InChI=1S/C17H29N/c1-7-9-16(15(8-2)14(3)4)18-12-10-17(5,6)11-13-18/h7,9H,3,8,10-13H2,1-2,4-6H3/b9-7?,16-15+. The second kappa shape index (κ2) is 6.26. The van der Waals surface area contributed by atoms with Crippen LogP contribution in [0.3, 0.4) is 0 Å². The first-order chi connectivity index (χ1) is 8.41. The highest BCUT2D eigenvalue weighted by Gasteiger charge is 2.26. The Balaban J connectivity index is 2.97. The van der Waals surface area contributed by atoms with Gasteiger partial charge in [-0.15, -0.1) is 0 Å². The lowest BCUT2D eigenvalue weighted by Gasteiger charge is -2.39. The van der Waals surface area contributed by atoms with E-state index in [-0.39, 0.29) is 0 Å². The van der Waals surface area contributed by atoms with Crippen molar-refractivity contribution in [2.45, 2.75) is 53.9 Å². The molecule has 0 radical (unpaired) electrons. The SMILES string of the molecule is C=C(C)/C(CC)=C(\C=CC)N1CCC(C)(C)CC1. The quantitative estimate of drug-likeness (QED) is 0.637. The van der Waals surface area contributed by atoms with Crippen LogP contribution in [0.25, 0.3) is 0 Å². The Morgan fingerprint density at radius 1 is 1.28 bits per heavy atom. The molecule has 1 aliphatic heterocycles. The van der Waals surface area contributed by atoms with Gasteiger partial charge in [0.05, 0.1) is 0 Å². The van der Waals surface area contributed by atoms with Crippen LogP contribution >= 0.6 is 0 Å². The van der Waals surface area contributed by atoms with Crippen molar-refractivity contribution in [2.24, 2.45) is 5.41 Å². The van der Waals surface area contributed by atoms with Crippen LogP contribution in [0, 0.1) is 5.41 Å². The van der Waals surface area contributed by atoms with Gasteiger partial charge in [0.1, 0.15) is 0 Å². The number of nitrogens with zero attached hydrogens (tertiary/aromatic N) is 1. The molecule has 1 nitrogen and oxygen atoms in total. The van der Waals surface area contributed by atoms with Crippen LogP contribution in [0.2, 0.25) is 0 Å². The van der Waals surface area contributed by atoms with Gasteiger partial charge in [0.2, 0.25) is 0 Å². The fourth-order valence-corrected chi connectivity index (χ4v) is 2.61. The highest BCUT2D eigenvalue weighted by atomic mass is 15.1. The highest BCUT2D eigenvalue weighted by molar-refractivity contribution is 5.37. The minimum Gasteiger partial charge on any atom is -0.371 e. The lowest BCUT2D eigenvalue weighted by Crippen LogP contribution is -2.36. The topological polar surface area (TPSA) is 3.24 Å². The summed E-state index contributed by atoms with van der Waals surface area (Å²) in [5.74, 6) is 0. The Morgan fingerprint density at radius 3 is 2.22 bits per heavy atom. The molecule has 18 heavy (non-hydrogen) atoms. The molecule has 0 aromatic heterocycles. The fraction of sp³-hybridized carbons (Fsp3) is 0.647. The zero-order valence-electron chi connectivity index (χ0n) is 12.8. The molecule has 0 aliphatic carbocycles. The van der Waals surface area contributed by atoms with Crippen molar-refractivity contribution in [1.82, 2.24) is 4.90 Å². The summed E-state index contributed by atoms with van der Waals surface area (Å²) in [6.07, 6.45) is 8.02. The van der Waals surface area contributed by atoms with Crippen LogP contribution in [0.15, 0.2) is 35.6 Å². The van der Waals surface area contributed by atoms with Crippen LogP contribution in [-0.4, -0.2) is 18.0 Å². The molecule has 0 bridgehead atoms. The third kappa shape index (κ3) is 3.76. The van der Waals surface area contributed by atoms with Crippen LogP contribution in [-0.2, 0) is 0 Å². The minimum atomic E-state index is 0.507. The van der Waals surface area contributed by atoms with Gasteiger partial charge in [0.25, 0.3) is 0 Å². The molecular formula is C17H29N. The molecule has 0 unspecified atom stereocenters. The summed E-state index contributed by atoms with van der Waals surface area (Å²) in [6, 6.07) is 0. The molecule has 0 N–H and O–H groups in total. The van der Waals surface area contributed by atoms with E-state index in [1.165, 1.54) is 42.8 Å². The largest absolute Gasteiger partial charge is 0.371 e. The molecule has 1 heterocycles. The van der Waals surface area contributed by atoms with E-state index in [1.54, 1.807) is 0 Å². The van der Waals surface area contributed by atoms with Gasteiger partial charge in [0, 0.05) is 18.8 Å². The van der Waals surface area contributed by atoms with Gasteiger partial charge in [-0.3, -0.25) is 0 Å². The number of piperidine rings is 1. The number of allylic oxidation sites excluding steroid dienone is 4. The average molecular weight is 247 g/mol. The Bertz CT molecular complexity index is 348. The molecule has 0 spiro atoms. The van der Waals surface area contributed by atoms with E-state index < -0.39 is 0 Å². The molecule has 102 valence electrons. The molecular weight excluding hydrogens is 218 g/mol. The predicted octanol–water partition coefficient (Wildman–Crippen LogP) is 4.92. The van der Waals surface area contributed by atoms with E-state index in [0.29, 0.717) is 5.41 Å². The molecule has 0 amide bonds. The summed E-state index contributed by atoms with van der Waals surface area (Å²) in [4.78, 5) is 2.54. The summed E-state index contributed by atoms with van der Waals surface area (Å²) < 4.78 is 0. The summed E-state index contributed by atoms with van der Waals surface area (Å²) in [5.41, 5.74) is 4.51. The number of rotatable bonds is 4. The van der Waals surface area contributed by atoms with Gasteiger partial charge in [-0.25, -0.2) is 0 Å². The van der Waals surface area contributed by atoms with Gasteiger partial charge in [-0.1, -0.05) is 39.0 Å². The molecule has 1 saturated heterocycles. The van der Waals surface area contributed by atoms with Gasteiger partial charge >= 0.3 is 0 Å². The highest BCUT2D eigenvalue weighted by Crippen LogP contribution is 2.33. The Kier molecular flexibility index (Phi) is 5.25. The summed E-state index contributed by atoms with van der Waals surface area (Å²) in [6.45, 7) is 17.7. The van der Waals surface area contributed by atoms with Crippen LogP contribution in [0.4, 0.5) is 0 Å². The van der Waals surface area contributed by atoms with E-state index in [9.17, 15) is 0 Å². The molecule has 1 aliphatic rings. The van der Waals surface area contributed by atoms with Gasteiger partial charge < -0.3 is 4.90 Å². The maximum Gasteiger partial charge on any atom is 0.0397 e. The van der Waals surface area contributed by atoms with Crippen LogP contribution in [0.1, 0.15) is 53.9 Å². The van der Waals surface area contributed by atoms with E-state index in [4.69, 9.17) is 0 Å². The second-order valence-corrected chi connectivity index (χ2v) is 6.15. The maximum absolute atomic E-state index is 4.13. The van der Waals surface area contributed by atoms with Gasteiger partial charge in [-0.05, 0) is 50.2 Å². The maximum atomic E-state index is 4.13. The normalized spacial score (nSPS) is 21.1. The third-order valence-corrected chi connectivity index (χ3v) is 3.96. The molecule has 1 heteroatoms. The van der Waals surface area contributed by atoms with Crippen LogP contribution in [0.5, 0.6) is 0 Å². The minimum absolute atomic E-state index is 0.507. The molecule has 1 fully saturated rings. The van der Waals surface area contributed by atoms with Crippen molar-refractivity contribution >= 4 is 0 Å². The summed E-state index contributed by atoms with van der Waals surface area (Å²) in [7, 11) is 0. The Hall–Kier alpha value is -0.980. The van der Waals surface area contributed by atoms with Gasteiger partial charge in [0.15, 0.2) is 0 Å². The first kappa shape index (κ1) is 15.1. The number of likely N-dealkylation sites (tertiary alicyclic amines) is 1. The van der Waals surface area contributed by atoms with Crippen molar-refractivity contribution in [3.8, 4) is 0 Å². The summed E-state index contributed by atoms with van der Waals surface area (Å²) in [5, 5.41) is 0. The average Bonchev–Trinajstić information content (AvgIpc) is 2.28. The third-order valence-electron chi connectivity index (χ3n) is 3.96. The van der Waals surface area contributed by atoms with Crippen molar-refractivity contribution in [3.05, 3.63) is 35.6 Å². The lowest BCUT2D eigenvalue weighted by molar-refractivity contribution is 0.164.